The lowest BCUT2D eigenvalue weighted by Gasteiger charge is -2.45. The number of carbonyl (C=O) groups excluding carboxylic acids is 2. The van der Waals surface area contributed by atoms with Crippen molar-refractivity contribution in [1.82, 2.24) is 15.0 Å². The molecule has 2 aliphatic rings. The molecule has 1 aromatic heterocycles. The number of nitrogens with zero attached hydrogens (tertiary/aromatic N) is 4. The number of hydrogen-bond donors (Lipinski definition) is 0. The smallest absolute Gasteiger partial charge is 0.332 e. The van der Waals surface area contributed by atoms with Crippen molar-refractivity contribution in [3.05, 3.63) is 83.2 Å². The number of imide groups is 1. The molecule has 0 N–H and O–H groups in total. The maximum atomic E-state index is 14.3. The summed E-state index contributed by atoms with van der Waals surface area (Å²) < 4.78 is 33.5. The van der Waals surface area contributed by atoms with E-state index in [1.165, 1.54) is 34.1 Å². The van der Waals surface area contributed by atoms with E-state index >= 15 is 0 Å². The molecule has 2 saturated heterocycles. The Morgan fingerprint density at radius 1 is 1.09 bits per heavy atom. The zero-order valence-corrected chi connectivity index (χ0v) is 19.6. The summed E-state index contributed by atoms with van der Waals surface area (Å²) in [7, 11) is 0. The number of carbonyl (C=O) groups is 2. The summed E-state index contributed by atoms with van der Waals surface area (Å²) in [5.74, 6) is -0.535. The molecule has 0 radical (unpaired) electrons. The van der Waals surface area contributed by atoms with Crippen LogP contribution in [0.3, 0.4) is 0 Å². The molecule has 5 rings (SSSR count). The molecule has 2 aromatic carbocycles. The lowest BCUT2D eigenvalue weighted by atomic mass is 9.81. The summed E-state index contributed by atoms with van der Waals surface area (Å²) in [6.07, 6.45) is 0.665. The fourth-order valence-corrected chi connectivity index (χ4v) is 5.25. The molecule has 182 valence electrons. The summed E-state index contributed by atoms with van der Waals surface area (Å²) in [5, 5.41) is 3.93. The van der Waals surface area contributed by atoms with Gasteiger partial charge in [0.25, 0.3) is 5.91 Å². The topological polar surface area (TPSA) is 69.9 Å². The van der Waals surface area contributed by atoms with Crippen molar-refractivity contribution < 1.29 is 22.9 Å². The van der Waals surface area contributed by atoms with Gasteiger partial charge in [-0.1, -0.05) is 29.4 Å². The van der Waals surface area contributed by atoms with E-state index in [-0.39, 0.29) is 24.3 Å². The number of aromatic nitrogens is 1. The number of rotatable bonds is 5. The van der Waals surface area contributed by atoms with Gasteiger partial charge in [-0.2, -0.15) is 0 Å². The largest absolute Gasteiger partial charge is 0.361 e. The van der Waals surface area contributed by atoms with Crippen LogP contribution >= 0.6 is 0 Å². The molecule has 0 saturated carbocycles. The molecule has 3 amide bonds. The fourth-order valence-electron chi connectivity index (χ4n) is 5.25. The first kappa shape index (κ1) is 23.2. The van der Waals surface area contributed by atoms with Crippen molar-refractivity contribution >= 4 is 17.6 Å². The molecule has 1 spiro atoms. The monoisotopic (exact) mass is 480 g/mol. The number of aryl methyl sites for hydroxylation is 1. The van der Waals surface area contributed by atoms with Crippen LogP contribution in [-0.2, 0) is 17.9 Å². The minimum Gasteiger partial charge on any atom is -0.361 e. The number of urea groups is 1. The second-order valence-electron chi connectivity index (χ2n) is 9.31. The van der Waals surface area contributed by atoms with E-state index in [0.29, 0.717) is 48.6 Å². The highest BCUT2D eigenvalue weighted by Gasteiger charge is 2.59. The quantitative estimate of drug-likeness (QED) is 0.497. The van der Waals surface area contributed by atoms with Gasteiger partial charge >= 0.3 is 6.03 Å². The van der Waals surface area contributed by atoms with Gasteiger partial charge < -0.3 is 4.52 Å². The lowest BCUT2D eigenvalue weighted by Crippen LogP contribution is -2.59. The highest BCUT2D eigenvalue weighted by molar-refractivity contribution is 6.16. The Kier molecular flexibility index (Phi) is 5.88. The molecular weight excluding hydrogens is 454 g/mol. The van der Waals surface area contributed by atoms with E-state index in [2.05, 4.69) is 10.1 Å². The number of hydrogen-bond acceptors (Lipinski definition) is 5. The van der Waals surface area contributed by atoms with Crippen molar-refractivity contribution in [3.63, 3.8) is 0 Å². The van der Waals surface area contributed by atoms with Crippen LogP contribution in [-0.4, -0.2) is 45.0 Å². The van der Waals surface area contributed by atoms with Crippen LogP contribution in [0, 0.1) is 18.6 Å². The molecule has 2 fully saturated rings. The SMILES string of the molecule is Cc1cc(CN2C(=O)N(c3cccc(F)c3)C3(CCN(Cc4ccccc4F)[C@@H](C)C3)C2=O)no1. The molecule has 7 nitrogen and oxygen atoms in total. The summed E-state index contributed by atoms with van der Waals surface area (Å²) >= 11 is 0. The number of halogens is 2. The minimum absolute atomic E-state index is 0.0319. The predicted molar refractivity (Wildman–Crippen MR) is 124 cm³/mol. The third-order valence-corrected chi connectivity index (χ3v) is 6.96. The van der Waals surface area contributed by atoms with Crippen LogP contribution in [0.5, 0.6) is 0 Å². The summed E-state index contributed by atoms with van der Waals surface area (Å²) in [5.41, 5.74) is 0.200. The van der Waals surface area contributed by atoms with E-state index in [0.717, 1.165) is 0 Å². The third-order valence-electron chi connectivity index (χ3n) is 6.96. The van der Waals surface area contributed by atoms with E-state index in [1.54, 1.807) is 37.3 Å². The van der Waals surface area contributed by atoms with E-state index in [4.69, 9.17) is 4.52 Å². The van der Waals surface area contributed by atoms with Crippen molar-refractivity contribution in [3.8, 4) is 0 Å². The standard InChI is InChI=1S/C26H26F2N4O3/c1-17-14-26(10-11-30(17)15-19-6-3-4-9-23(19)28)24(33)31(16-21-12-18(2)35-29-21)25(34)32(26)22-8-5-7-20(27)13-22/h3-9,12-13,17H,10-11,14-16H2,1-2H3/t17-,26?/m0/s1. The van der Waals surface area contributed by atoms with Crippen LogP contribution in [0.25, 0.3) is 0 Å². The van der Waals surface area contributed by atoms with Crippen molar-refractivity contribution in [2.24, 2.45) is 0 Å². The number of likely N-dealkylation sites (tertiary alicyclic amines) is 1. The van der Waals surface area contributed by atoms with Gasteiger partial charge in [0, 0.05) is 36.4 Å². The Morgan fingerprint density at radius 3 is 2.57 bits per heavy atom. The molecule has 35 heavy (non-hydrogen) atoms. The van der Waals surface area contributed by atoms with Gasteiger partial charge in [-0.25, -0.2) is 13.6 Å². The molecule has 1 unspecified atom stereocenters. The molecule has 2 aliphatic heterocycles. The van der Waals surface area contributed by atoms with Gasteiger partial charge in [0.2, 0.25) is 0 Å². The maximum absolute atomic E-state index is 14.3. The highest BCUT2D eigenvalue weighted by Crippen LogP contribution is 2.43. The fraction of sp³-hybridized carbons (Fsp3) is 0.346. The summed E-state index contributed by atoms with van der Waals surface area (Å²) in [6, 6.07) is 13.4. The molecule has 0 bridgehead atoms. The first-order valence-electron chi connectivity index (χ1n) is 11.6. The van der Waals surface area contributed by atoms with Crippen LogP contribution in [0.4, 0.5) is 19.3 Å². The van der Waals surface area contributed by atoms with Gasteiger partial charge in [-0.15, -0.1) is 0 Å². The number of piperidine rings is 1. The molecule has 3 heterocycles. The van der Waals surface area contributed by atoms with Crippen LogP contribution in [0.1, 0.15) is 36.8 Å². The predicted octanol–water partition coefficient (Wildman–Crippen LogP) is 4.65. The van der Waals surface area contributed by atoms with Crippen LogP contribution in [0.2, 0.25) is 0 Å². The Morgan fingerprint density at radius 2 is 1.89 bits per heavy atom. The summed E-state index contributed by atoms with van der Waals surface area (Å²) in [4.78, 5) is 32.2. The number of benzene rings is 2. The van der Waals surface area contributed by atoms with E-state index in [9.17, 15) is 18.4 Å². The lowest BCUT2D eigenvalue weighted by molar-refractivity contribution is -0.133. The number of amides is 3. The highest BCUT2D eigenvalue weighted by atomic mass is 19.1. The average molecular weight is 481 g/mol. The molecular formula is C26H26F2N4O3. The first-order valence-corrected chi connectivity index (χ1v) is 11.6. The van der Waals surface area contributed by atoms with Gasteiger partial charge in [-0.05, 0) is 51.0 Å². The van der Waals surface area contributed by atoms with Gasteiger partial charge in [-0.3, -0.25) is 19.5 Å². The average Bonchev–Trinajstić information content (AvgIpc) is 3.32. The van der Waals surface area contributed by atoms with Crippen molar-refractivity contribution in [1.29, 1.82) is 0 Å². The Labute approximate surface area is 201 Å². The van der Waals surface area contributed by atoms with E-state index < -0.39 is 17.4 Å². The molecule has 2 atom stereocenters. The molecule has 0 aliphatic carbocycles. The zero-order valence-electron chi connectivity index (χ0n) is 19.6. The summed E-state index contributed by atoms with van der Waals surface area (Å²) in [6.45, 7) is 4.53. The normalized spacial score (nSPS) is 23.0. The van der Waals surface area contributed by atoms with Gasteiger partial charge in [0.1, 0.15) is 28.6 Å². The van der Waals surface area contributed by atoms with Gasteiger partial charge in [0.05, 0.1) is 6.54 Å². The Hall–Kier alpha value is -3.59. The van der Waals surface area contributed by atoms with E-state index in [1.807, 2.05) is 6.92 Å². The van der Waals surface area contributed by atoms with Crippen LogP contribution in [0.15, 0.2) is 59.1 Å². The minimum atomic E-state index is -1.17. The Balaban J connectivity index is 1.47. The van der Waals surface area contributed by atoms with Gasteiger partial charge in [0.15, 0.2) is 0 Å². The maximum Gasteiger partial charge on any atom is 0.332 e. The second-order valence-corrected chi connectivity index (χ2v) is 9.31. The molecule has 9 heteroatoms. The second kappa shape index (κ2) is 8.88. The van der Waals surface area contributed by atoms with Crippen molar-refractivity contribution in [2.45, 2.75) is 51.4 Å². The first-order chi connectivity index (χ1) is 16.8. The molecule has 3 aromatic rings. The third kappa shape index (κ3) is 4.10. The zero-order chi connectivity index (χ0) is 24.7. The van der Waals surface area contributed by atoms with Crippen LogP contribution < -0.4 is 4.90 Å². The van der Waals surface area contributed by atoms with Crippen molar-refractivity contribution in [2.75, 3.05) is 11.4 Å². The number of anilines is 1. The Bertz CT molecular complexity index is 1280.